The molecule has 0 aliphatic rings. The number of guanidine groups is 1. The van der Waals surface area contributed by atoms with Crippen molar-refractivity contribution in [1.82, 2.24) is 15.3 Å². The molecule has 1 amide bonds. The van der Waals surface area contributed by atoms with E-state index in [4.69, 9.17) is 5.73 Å². The number of fused-ring (bicyclic) bond motifs is 1. The van der Waals surface area contributed by atoms with Gasteiger partial charge in [0, 0.05) is 11.8 Å². The number of hydrogen-bond donors (Lipinski definition) is 3. The minimum atomic E-state index is -0.128. The van der Waals surface area contributed by atoms with E-state index in [0.717, 1.165) is 23.0 Å². The summed E-state index contributed by atoms with van der Waals surface area (Å²) >= 11 is 0. The minimum absolute atomic E-state index is 0.128. The number of hydrogen-bond acceptors (Lipinski definition) is 3. The van der Waals surface area contributed by atoms with Gasteiger partial charge in [-0.2, -0.15) is 0 Å². The normalized spacial score (nSPS) is 11.7. The third kappa shape index (κ3) is 3.58. The van der Waals surface area contributed by atoms with Gasteiger partial charge >= 0.3 is 5.95 Å². The first kappa shape index (κ1) is 15.9. The Hall–Kier alpha value is -2.50. The molecule has 2 rings (SSSR count). The van der Waals surface area contributed by atoms with Crippen LogP contribution in [0.1, 0.15) is 36.6 Å². The van der Waals surface area contributed by atoms with Crippen LogP contribution in [0.4, 0.5) is 5.95 Å². The molecule has 4 N–H and O–H groups in total. The van der Waals surface area contributed by atoms with Crippen molar-refractivity contribution in [2.75, 3.05) is 0 Å². The predicted octanol–water partition coefficient (Wildman–Crippen LogP) is 0.498. The van der Waals surface area contributed by atoms with Crippen molar-refractivity contribution in [3.05, 3.63) is 29.0 Å². The standard InChI is InChI=1S/C16H21N5O/c1-5-6-14(22)20-15(17)21-16-18-11(4)12-7-9(2)10(3)8-13(12)19-16/h7-8H,5-6H2,1-4H3,(H3,17,18,19,20,21,22)/p+1. The van der Waals surface area contributed by atoms with Gasteiger partial charge in [0.15, 0.2) is 0 Å². The van der Waals surface area contributed by atoms with Crippen molar-refractivity contribution in [2.24, 2.45) is 5.73 Å². The summed E-state index contributed by atoms with van der Waals surface area (Å²) in [5, 5.41) is 3.60. The summed E-state index contributed by atoms with van der Waals surface area (Å²) in [7, 11) is 0. The van der Waals surface area contributed by atoms with E-state index in [1.165, 1.54) is 11.1 Å². The number of rotatable bonds is 3. The molecule has 0 fully saturated rings. The fraction of sp³-hybridized carbons (Fsp3) is 0.375. The molecule has 1 heterocycles. The summed E-state index contributed by atoms with van der Waals surface area (Å²) < 4.78 is 0. The first-order valence-corrected chi connectivity index (χ1v) is 7.35. The maximum atomic E-state index is 11.5. The number of nitrogens with two attached hydrogens (primary N) is 1. The lowest BCUT2D eigenvalue weighted by Gasteiger charge is -2.04. The summed E-state index contributed by atoms with van der Waals surface area (Å²) in [4.78, 5) is 23.2. The molecule has 22 heavy (non-hydrogen) atoms. The SMILES string of the molecule is CCCC(=O)N/C(N)=[NH+]/c1nc(C)c2cc(C)c(C)cc2n1. The minimum Gasteiger partial charge on any atom is -0.322 e. The Morgan fingerprint density at radius 1 is 1.23 bits per heavy atom. The monoisotopic (exact) mass is 300 g/mol. The molecule has 1 aromatic heterocycles. The van der Waals surface area contributed by atoms with Crippen LogP contribution in [0.2, 0.25) is 0 Å². The van der Waals surface area contributed by atoms with Crippen LogP contribution in [0.3, 0.4) is 0 Å². The molecule has 0 saturated heterocycles. The Bertz CT molecular complexity index is 752. The molecular formula is C16H22N5O+. The van der Waals surface area contributed by atoms with Crippen LogP contribution >= 0.6 is 0 Å². The topological polar surface area (TPSA) is 94.9 Å². The number of benzene rings is 1. The van der Waals surface area contributed by atoms with Gasteiger partial charge in [0.1, 0.15) is 5.52 Å². The Balaban J connectivity index is 2.36. The van der Waals surface area contributed by atoms with E-state index in [0.29, 0.717) is 12.4 Å². The van der Waals surface area contributed by atoms with Gasteiger partial charge in [-0.3, -0.25) is 4.79 Å². The largest absolute Gasteiger partial charge is 0.354 e. The first-order valence-electron chi connectivity index (χ1n) is 7.35. The zero-order valence-corrected chi connectivity index (χ0v) is 13.4. The lowest BCUT2D eigenvalue weighted by molar-refractivity contribution is -0.367. The summed E-state index contributed by atoms with van der Waals surface area (Å²) in [6.07, 6.45) is 1.20. The second-order valence-electron chi connectivity index (χ2n) is 5.42. The fourth-order valence-electron chi connectivity index (χ4n) is 2.19. The van der Waals surface area contributed by atoms with E-state index >= 15 is 0 Å². The molecule has 0 unspecified atom stereocenters. The maximum Gasteiger partial charge on any atom is 0.354 e. The lowest BCUT2D eigenvalue weighted by Crippen LogP contribution is -2.75. The van der Waals surface area contributed by atoms with Crippen LogP contribution in [-0.2, 0) is 4.79 Å². The fourth-order valence-corrected chi connectivity index (χ4v) is 2.19. The molecule has 0 atom stereocenters. The number of aromatic nitrogens is 2. The highest BCUT2D eigenvalue weighted by Gasteiger charge is 2.12. The smallest absolute Gasteiger partial charge is 0.322 e. The van der Waals surface area contributed by atoms with Crippen LogP contribution in [0.15, 0.2) is 12.1 Å². The number of amides is 1. The second-order valence-corrected chi connectivity index (χ2v) is 5.42. The van der Waals surface area contributed by atoms with Gasteiger partial charge in [0.25, 0.3) is 11.9 Å². The zero-order valence-electron chi connectivity index (χ0n) is 13.4. The van der Waals surface area contributed by atoms with E-state index in [1.54, 1.807) is 0 Å². The molecule has 116 valence electrons. The molecular weight excluding hydrogens is 278 g/mol. The molecule has 0 spiro atoms. The Morgan fingerprint density at radius 3 is 2.59 bits per heavy atom. The molecule has 1 aromatic carbocycles. The summed E-state index contributed by atoms with van der Waals surface area (Å²) in [6, 6.07) is 4.11. The van der Waals surface area contributed by atoms with Crippen LogP contribution in [0.25, 0.3) is 10.9 Å². The van der Waals surface area contributed by atoms with Crippen LogP contribution in [-0.4, -0.2) is 21.8 Å². The summed E-state index contributed by atoms with van der Waals surface area (Å²) in [5.74, 6) is 0.389. The molecule has 0 radical (unpaired) electrons. The number of aryl methyl sites for hydroxylation is 3. The van der Waals surface area contributed by atoms with E-state index in [-0.39, 0.29) is 11.9 Å². The van der Waals surface area contributed by atoms with Crippen LogP contribution < -0.4 is 16.0 Å². The highest BCUT2D eigenvalue weighted by molar-refractivity contribution is 5.93. The van der Waals surface area contributed by atoms with E-state index in [1.807, 2.05) is 26.8 Å². The molecule has 2 aromatic rings. The summed E-state index contributed by atoms with van der Waals surface area (Å²) in [6.45, 7) is 7.97. The Morgan fingerprint density at radius 2 is 1.91 bits per heavy atom. The van der Waals surface area contributed by atoms with E-state index < -0.39 is 0 Å². The van der Waals surface area contributed by atoms with Gasteiger partial charge in [-0.1, -0.05) is 6.92 Å². The van der Waals surface area contributed by atoms with E-state index in [2.05, 4.69) is 33.3 Å². The van der Waals surface area contributed by atoms with E-state index in [9.17, 15) is 4.79 Å². The molecule has 0 aliphatic heterocycles. The third-order valence-corrected chi connectivity index (χ3v) is 3.50. The van der Waals surface area contributed by atoms with Gasteiger partial charge in [-0.05, 0) is 50.5 Å². The maximum absolute atomic E-state index is 11.5. The van der Waals surface area contributed by atoms with Gasteiger partial charge in [0.2, 0.25) is 0 Å². The number of carbonyl (C=O) groups excluding carboxylic acids is 1. The molecule has 0 bridgehead atoms. The number of nitrogens with one attached hydrogen (secondary N) is 2. The van der Waals surface area contributed by atoms with Crippen molar-refractivity contribution >= 4 is 28.7 Å². The second kappa shape index (κ2) is 6.51. The highest BCUT2D eigenvalue weighted by Crippen LogP contribution is 2.20. The Kier molecular flexibility index (Phi) is 4.70. The quantitative estimate of drug-likeness (QED) is 0.568. The van der Waals surface area contributed by atoms with Crippen molar-refractivity contribution < 1.29 is 9.79 Å². The molecule has 6 nitrogen and oxygen atoms in total. The summed E-state index contributed by atoms with van der Waals surface area (Å²) in [5.41, 5.74) is 9.87. The highest BCUT2D eigenvalue weighted by atomic mass is 16.1. The average Bonchev–Trinajstić information content (AvgIpc) is 2.41. The van der Waals surface area contributed by atoms with Gasteiger partial charge < -0.3 is 5.73 Å². The van der Waals surface area contributed by atoms with Crippen molar-refractivity contribution in [1.29, 1.82) is 0 Å². The molecule has 0 aliphatic carbocycles. The predicted molar refractivity (Wildman–Crippen MR) is 86.6 cm³/mol. The molecule has 6 heteroatoms. The first-order chi connectivity index (χ1) is 10.4. The molecule has 0 saturated carbocycles. The average molecular weight is 300 g/mol. The number of carbonyl (C=O) groups is 1. The third-order valence-electron chi connectivity index (χ3n) is 3.50. The van der Waals surface area contributed by atoms with Gasteiger partial charge in [-0.25, -0.2) is 10.3 Å². The van der Waals surface area contributed by atoms with Crippen molar-refractivity contribution in [2.45, 2.75) is 40.5 Å². The zero-order chi connectivity index (χ0) is 16.3. The van der Waals surface area contributed by atoms with Crippen LogP contribution in [0.5, 0.6) is 0 Å². The number of nitrogens with zero attached hydrogens (tertiary/aromatic N) is 2. The van der Waals surface area contributed by atoms with Gasteiger partial charge in [-0.15, -0.1) is 9.97 Å². The van der Waals surface area contributed by atoms with Gasteiger partial charge in [0.05, 0.1) is 5.69 Å². The Labute approximate surface area is 129 Å². The lowest BCUT2D eigenvalue weighted by atomic mass is 10.1. The van der Waals surface area contributed by atoms with Crippen LogP contribution in [0, 0.1) is 20.8 Å². The van der Waals surface area contributed by atoms with Crippen molar-refractivity contribution in [3.63, 3.8) is 0 Å². The van der Waals surface area contributed by atoms with Crippen molar-refractivity contribution in [3.8, 4) is 0 Å².